The second kappa shape index (κ2) is 4.72. The molecule has 4 nitrogen and oxygen atoms in total. The number of benzene rings is 1. The molecule has 0 aliphatic carbocycles. The predicted octanol–water partition coefficient (Wildman–Crippen LogP) is 0.526. The molecule has 1 saturated heterocycles. The summed E-state index contributed by atoms with van der Waals surface area (Å²) in [6.45, 7) is 5.73. The number of nitrogen functional groups attached to an aromatic ring is 1. The van der Waals surface area contributed by atoms with Crippen molar-refractivity contribution in [1.29, 1.82) is 0 Å². The minimum absolute atomic E-state index is 0.500. The van der Waals surface area contributed by atoms with Gasteiger partial charge in [0.1, 0.15) is 0 Å². The van der Waals surface area contributed by atoms with Crippen LogP contribution >= 0.6 is 0 Å². The molecule has 0 saturated carbocycles. The van der Waals surface area contributed by atoms with Crippen molar-refractivity contribution < 1.29 is 0 Å². The molecule has 0 spiro atoms. The summed E-state index contributed by atoms with van der Waals surface area (Å²) < 4.78 is 0. The molecule has 0 bridgehead atoms. The first-order chi connectivity index (χ1) is 7.72. The molecule has 1 heterocycles. The van der Waals surface area contributed by atoms with E-state index < -0.39 is 0 Å². The van der Waals surface area contributed by atoms with Gasteiger partial charge in [0.05, 0.1) is 0 Å². The number of anilines is 2. The van der Waals surface area contributed by atoms with Crippen molar-refractivity contribution in [2.24, 2.45) is 5.73 Å². The number of nitrogens with zero attached hydrogens (tertiary/aromatic N) is 1. The van der Waals surface area contributed by atoms with E-state index in [2.05, 4.69) is 23.2 Å². The molecule has 1 aromatic carbocycles. The molecule has 1 aliphatic heterocycles. The fourth-order valence-electron chi connectivity index (χ4n) is 2.26. The highest BCUT2D eigenvalue weighted by atomic mass is 15.2. The number of hydrogen-bond acceptors (Lipinski definition) is 4. The zero-order valence-corrected chi connectivity index (χ0v) is 9.74. The Balaban J connectivity index is 2.28. The Hall–Kier alpha value is -1.26. The predicted molar refractivity (Wildman–Crippen MR) is 68.4 cm³/mol. The number of nitrogens with two attached hydrogens (primary N) is 2. The average molecular weight is 220 g/mol. The lowest BCUT2D eigenvalue weighted by atomic mass is 10.1. The Bertz CT molecular complexity index is 364. The fourth-order valence-corrected chi connectivity index (χ4v) is 2.26. The zero-order chi connectivity index (χ0) is 11.5. The van der Waals surface area contributed by atoms with Gasteiger partial charge in [0.2, 0.25) is 0 Å². The maximum absolute atomic E-state index is 5.95. The molecular weight excluding hydrogens is 200 g/mol. The van der Waals surface area contributed by atoms with Gasteiger partial charge in [-0.25, -0.2) is 0 Å². The molecule has 0 radical (unpaired) electrons. The van der Waals surface area contributed by atoms with E-state index in [1.54, 1.807) is 0 Å². The van der Waals surface area contributed by atoms with Gasteiger partial charge in [0.25, 0.3) is 0 Å². The highest BCUT2D eigenvalue weighted by molar-refractivity contribution is 5.65. The van der Waals surface area contributed by atoms with E-state index in [1.807, 2.05) is 12.1 Å². The Kier molecular flexibility index (Phi) is 3.31. The first kappa shape index (κ1) is 11.2. The molecule has 4 heteroatoms. The van der Waals surface area contributed by atoms with Crippen molar-refractivity contribution in [1.82, 2.24) is 5.32 Å². The Morgan fingerprint density at radius 2 is 2.31 bits per heavy atom. The van der Waals surface area contributed by atoms with Gasteiger partial charge in [0, 0.05) is 49.2 Å². The summed E-state index contributed by atoms with van der Waals surface area (Å²) in [7, 11) is 0. The van der Waals surface area contributed by atoms with Crippen molar-refractivity contribution in [3.8, 4) is 0 Å². The van der Waals surface area contributed by atoms with E-state index in [-0.39, 0.29) is 0 Å². The van der Waals surface area contributed by atoms with Crippen LogP contribution in [0.15, 0.2) is 18.2 Å². The molecule has 5 N–H and O–H groups in total. The Labute approximate surface area is 96.6 Å². The van der Waals surface area contributed by atoms with E-state index in [0.29, 0.717) is 12.6 Å². The van der Waals surface area contributed by atoms with Crippen molar-refractivity contribution in [2.45, 2.75) is 19.5 Å². The molecule has 16 heavy (non-hydrogen) atoms. The van der Waals surface area contributed by atoms with Crippen molar-refractivity contribution in [3.05, 3.63) is 23.8 Å². The van der Waals surface area contributed by atoms with Crippen molar-refractivity contribution >= 4 is 11.4 Å². The van der Waals surface area contributed by atoms with Crippen LogP contribution in [0.4, 0.5) is 11.4 Å². The molecule has 88 valence electrons. The van der Waals surface area contributed by atoms with Gasteiger partial charge in [-0.3, -0.25) is 0 Å². The van der Waals surface area contributed by atoms with E-state index in [9.17, 15) is 0 Å². The van der Waals surface area contributed by atoms with Crippen molar-refractivity contribution in [2.75, 3.05) is 30.3 Å². The summed E-state index contributed by atoms with van der Waals surface area (Å²) in [4.78, 5) is 2.36. The number of nitrogens with one attached hydrogen (secondary N) is 1. The van der Waals surface area contributed by atoms with Gasteiger partial charge in [-0.2, -0.15) is 0 Å². The molecule has 1 aromatic rings. The smallest absolute Gasteiger partial charge is 0.0433 e. The lowest BCUT2D eigenvalue weighted by Gasteiger charge is -2.35. The van der Waals surface area contributed by atoms with Gasteiger partial charge in [-0.05, 0) is 19.1 Å². The van der Waals surface area contributed by atoms with Crippen LogP contribution < -0.4 is 21.7 Å². The fraction of sp³-hybridized carbons (Fsp3) is 0.500. The first-order valence-corrected chi connectivity index (χ1v) is 5.78. The second-order valence-electron chi connectivity index (χ2n) is 4.35. The summed E-state index contributed by atoms with van der Waals surface area (Å²) in [6, 6.07) is 6.53. The molecule has 0 amide bonds. The van der Waals surface area contributed by atoms with E-state index in [0.717, 1.165) is 30.9 Å². The van der Waals surface area contributed by atoms with Crippen LogP contribution in [-0.4, -0.2) is 25.7 Å². The Morgan fingerprint density at radius 1 is 1.50 bits per heavy atom. The maximum Gasteiger partial charge on any atom is 0.0433 e. The largest absolute Gasteiger partial charge is 0.398 e. The van der Waals surface area contributed by atoms with E-state index >= 15 is 0 Å². The van der Waals surface area contributed by atoms with Crippen LogP contribution in [0.1, 0.15) is 12.5 Å². The highest BCUT2D eigenvalue weighted by Gasteiger charge is 2.18. The minimum atomic E-state index is 0.500. The minimum Gasteiger partial charge on any atom is -0.398 e. The molecule has 2 rings (SSSR count). The molecular formula is C12H20N4. The van der Waals surface area contributed by atoms with Crippen LogP contribution in [0.5, 0.6) is 0 Å². The van der Waals surface area contributed by atoms with Crippen LogP contribution in [0.2, 0.25) is 0 Å². The molecule has 1 aliphatic rings. The third-order valence-electron chi connectivity index (χ3n) is 3.10. The van der Waals surface area contributed by atoms with Gasteiger partial charge in [-0.15, -0.1) is 0 Å². The average Bonchev–Trinajstić information content (AvgIpc) is 2.28. The van der Waals surface area contributed by atoms with Crippen LogP contribution in [-0.2, 0) is 6.54 Å². The van der Waals surface area contributed by atoms with Gasteiger partial charge < -0.3 is 21.7 Å². The maximum atomic E-state index is 5.95. The summed E-state index contributed by atoms with van der Waals surface area (Å²) in [5.41, 5.74) is 14.8. The summed E-state index contributed by atoms with van der Waals surface area (Å²) in [5.74, 6) is 0. The van der Waals surface area contributed by atoms with Crippen LogP contribution in [0.25, 0.3) is 0 Å². The van der Waals surface area contributed by atoms with Crippen LogP contribution in [0, 0.1) is 0 Å². The van der Waals surface area contributed by atoms with Gasteiger partial charge in [0.15, 0.2) is 0 Å². The Morgan fingerprint density at radius 3 is 3.00 bits per heavy atom. The number of piperazine rings is 1. The molecule has 1 atom stereocenters. The number of rotatable bonds is 2. The standard InChI is InChI=1S/C12H20N4/c1-9-8-16(6-5-15-9)12-4-2-3-11(14)10(12)7-13/h2-4,9,15H,5-8,13-14H2,1H3. The SMILES string of the molecule is CC1CN(c2cccc(N)c2CN)CCN1. The monoisotopic (exact) mass is 220 g/mol. The van der Waals surface area contributed by atoms with E-state index in [4.69, 9.17) is 11.5 Å². The van der Waals surface area contributed by atoms with E-state index in [1.165, 1.54) is 5.69 Å². The summed E-state index contributed by atoms with van der Waals surface area (Å²) in [5, 5.41) is 3.43. The molecule has 1 unspecified atom stereocenters. The van der Waals surface area contributed by atoms with Gasteiger partial charge in [-0.1, -0.05) is 6.07 Å². The topological polar surface area (TPSA) is 67.3 Å². The lowest BCUT2D eigenvalue weighted by Crippen LogP contribution is -2.49. The van der Waals surface area contributed by atoms with Crippen LogP contribution in [0.3, 0.4) is 0 Å². The normalized spacial score (nSPS) is 21.1. The summed E-state index contributed by atoms with van der Waals surface area (Å²) in [6.07, 6.45) is 0. The second-order valence-corrected chi connectivity index (χ2v) is 4.35. The number of hydrogen-bond donors (Lipinski definition) is 3. The first-order valence-electron chi connectivity index (χ1n) is 5.78. The summed E-state index contributed by atoms with van der Waals surface area (Å²) >= 11 is 0. The molecule has 1 fully saturated rings. The third kappa shape index (κ3) is 2.13. The van der Waals surface area contributed by atoms with Gasteiger partial charge >= 0.3 is 0 Å². The van der Waals surface area contributed by atoms with Crippen molar-refractivity contribution in [3.63, 3.8) is 0 Å². The highest BCUT2D eigenvalue weighted by Crippen LogP contribution is 2.26. The lowest BCUT2D eigenvalue weighted by molar-refractivity contribution is 0.484. The quantitative estimate of drug-likeness (QED) is 0.636. The third-order valence-corrected chi connectivity index (χ3v) is 3.10. The zero-order valence-electron chi connectivity index (χ0n) is 9.74. The molecule has 0 aromatic heterocycles.